The van der Waals surface area contributed by atoms with Crippen molar-refractivity contribution in [3.05, 3.63) is 41.0 Å². The van der Waals surface area contributed by atoms with Crippen LogP contribution in [0.2, 0.25) is 0 Å². The predicted molar refractivity (Wildman–Crippen MR) is 84.6 cm³/mol. The maximum atomic E-state index is 12.7. The highest BCUT2D eigenvalue weighted by molar-refractivity contribution is 7.07. The van der Waals surface area contributed by atoms with Crippen molar-refractivity contribution in [2.45, 2.75) is 31.1 Å². The van der Waals surface area contributed by atoms with Gasteiger partial charge in [0.2, 0.25) is 5.88 Å². The van der Waals surface area contributed by atoms with Gasteiger partial charge in [-0.15, -0.1) is 11.3 Å². The van der Waals surface area contributed by atoms with E-state index >= 15 is 0 Å². The van der Waals surface area contributed by atoms with Crippen molar-refractivity contribution in [2.24, 2.45) is 0 Å². The molecule has 0 unspecified atom stereocenters. The van der Waals surface area contributed by atoms with Crippen LogP contribution in [0.15, 0.2) is 35.3 Å². The summed E-state index contributed by atoms with van der Waals surface area (Å²) in [7, 11) is 0. The van der Waals surface area contributed by atoms with Crippen LogP contribution in [0.25, 0.3) is 0 Å². The molecule has 3 atom stereocenters. The Morgan fingerprint density at radius 1 is 1.39 bits per heavy atom. The second kappa shape index (κ2) is 6.25. The number of thiazole rings is 1. The van der Waals surface area contributed by atoms with E-state index in [9.17, 15) is 4.79 Å². The fourth-order valence-electron chi connectivity index (χ4n) is 3.28. The molecule has 4 heterocycles. The lowest BCUT2D eigenvalue weighted by Gasteiger charge is -2.31. The molecule has 2 aliphatic heterocycles. The Morgan fingerprint density at radius 2 is 2.35 bits per heavy atom. The third-order valence-corrected chi connectivity index (χ3v) is 4.89. The minimum absolute atomic E-state index is 0.0427. The Labute approximate surface area is 138 Å². The van der Waals surface area contributed by atoms with E-state index in [2.05, 4.69) is 9.97 Å². The normalized spacial score (nSPS) is 26.8. The van der Waals surface area contributed by atoms with E-state index < -0.39 is 0 Å². The van der Waals surface area contributed by atoms with Gasteiger partial charge >= 0.3 is 0 Å². The van der Waals surface area contributed by atoms with E-state index in [1.165, 1.54) is 11.3 Å². The van der Waals surface area contributed by atoms with Crippen LogP contribution in [0.5, 0.6) is 5.88 Å². The van der Waals surface area contributed by atoms with E-state index in [0.717, 1.165) is 12.8 Å². The number of ether oxygens (including phenoxy) is 2. The lowest BCUT2D eigenvalue weighted by Crippen LogP contribution is -2.44. The number of amides is 1. The van der Waals surface area contributed by atoms with E-state index in [1.807, 2.05) is 23.1 Å². The molecule has 1 amide bonds. The molecule has 2 aromatic rings. The van der Waals surface area contributed by atoms with Crippen molar-refractivity contribution in [1.29, 1.82) is 0 Å². The van der Waals surface area contributed by atoms with E-state index in [0.29, 0.717) is 24.7 Å². The highest BCUT2D eigenvalue weighted by Gasteiger charge is 2.48. The van der Waals surface area contributed by atoms with Crippen molar-refractivity contribution >= 4 is 17.2 Å². The van der Waals surface area contributed by atoms with Crippen molar-refractivity contribution < 1.29 is 14.3 Å². The zero-order valence-electron chi connectivity index (χ0n) is 12.5. The number of hydrogen-bond acceptors (Lipinski definition) is 6. The van der Waals surface area contributed by atoms with Gasteiger partial charge in [-0.25, -0.2) is 9.97 Å². The molecule has 4 rings (SSSR count). The number of carbonyl (C=O) groups excluding carboxylic acids is 1. The fourth-order valence-corrected chi connectivity index (χ4v) is 3.81. The van der Waals surface area contributed by atoms with Gasteiger partial charge in [-0.2, -0.15) is 0 Å². The highest BCUT2D eigenvalue weighted by Crippen LogP contribution is 2.32. The quantitative estimate of drug-likeness (QED) is 0.860. The molecule has 0 aromatic carbocycles. The van der Waals surface area contributed by atoms with Gasteiger partial charge in [-0.1, -0.05) is 6.07 Å². The molecule has 0 spiro atoms. The summed E-state index contributed by atoms with van der Waals surface area (Å²) in [4.78, 5) is 22.9. The summed E-state index contributed by atoms with van der Waals surface area (Å²) in [5.74, 6) is 0.521. The Bertz CT molecular complexity index is 664. The first-order chi connectivity index (χ1) is 11.3. The monoisotopic (exact) mass is 331 g/mol. The third kappa shape index (κ3) is 2.82. The lowest BCUT2D eigenvalue weighted by atomic mass is 10.0. The summed E-state index contributed by atoms with van der Waals surface area (Å²) in [5.41, 5.74) is 2.18. The summed E-state index contributed by atoms with van der Waals surface area (Å²) in [6.07, 6.45) is 3.29. The molecule has 0 bridgehead atoms. The number of carbonyl (C=O) groups is 1. The number of pyridine rings is 1. The van der Waals surface area contributed by atoms with Crippen LogP contribution in [0, 0.1) is 0 Å². The van der Waals surface area contributed by atoms with Crippen LogP contribution in [-0.2, 0) is 4.74 Å². The SMILES string of the molecule is O=C(c1cscn1)N1C[C@@H](Oc2ccccn2)[C@@H]2OCCC[C@@H]21. The molecule has 0 N–H and O–H groups in total. The molecular formula is C16H17N3O3S. The van der Waals surface area contributed by atoms with Gasteiger partial charge < -0.3 is 14.4 Å². The Hall–Kier alpha value is -1.99. The summed E-state index contributed by atoms with van der Waals surface area (Å²) < 4.78 is 11.9. The standard InChI is InChI=1S/C16H17N3O3S/c20-16(11-9-23-10-18-11)19-8-13(15-12(19)4-3-7-21-15)22-14-5-1-2-6-17-14/h1-2,5-6,9-10,12-13,15H,3-4,7-8H2/t12-,13+,15+/m0/s1. The summed E-state index contributed by atoms with van der Waals surface area (Å²) in [5, 5.41) is 1.79. The highest BCUT2D eigenvalue weighted by atomic mass is 32.1. The van der Waals surface area contributed by atoms with E-state index in [4.69, 9.17) is 9.47 Å². The molecule has 120 valence electrons. The minimum Gasteiger partial charge on any atom is -0.470 e. The zero-order valence-corrected chi connectivity index (χ0v) is 13.3. The lowest BCUT2D eigenvalue weighted by molar-refractivity contribution is -0.0455. The number of likely N-dealkylation sites (tertiary alicyclic amines) is 1. The predicted octanol–water partition coefficient (Wildman–Crippen LogP) is 1.99. The average Bonchev–Trinajstić information content (AvgIpc) is 3.24. The molecular weight excluding hydrogens is 314 g/mol. The van der Waals surface area contributed by atoms with Crippen LogP contribution < -0.4 is 4.74 Å². The second-order valence-corrected chi connectivity index (χ2v) is 6.42. The van der Waals surface area contributed by atoms with Crippen molar-refractivity contribution in [1.82, 2.24) is 14.9 Å². The Balaban J connectivity index is 1.56. The maximum absolute atomic E-state index is 12.7. The topological polar surface area (TPSA) is 64.6 Å². The van der Waals surface area contributed by atoms with Gasteiger partial charge in [-0.05, 0) is 18.9 Å². The van der Waals surface area contributed by atoms with Gasteiger partial charge in [0.05, 0.1) is 18.1 Å². The molecule has 23 heavy (non-hydrogen) atoms. The van der Waals surface area contributed by atoms with Crippen LogP contribution in [0.4, 0.5) is 0 Å². The number of nitrogens with zero attached hydrogens (tertiary/aromatic N) is 3. The molecule has 7 heteroatoms. The second-order valence-electron chi connectivity index (χ2n) is 5.70. The molecule has 2 aromatic heterocycles. The van der Waals surface area contributed by atoms with Gasteiger partial charge in [0.25, 0.3) is 5.91 Å². The molecule has 2 aliphatic rings. The summed E-state index contributed by atoms with van der Waals surface area (Å²) in [6, 6.07) is 5.60. The molecule has 0 radical (unpaired) electrons. The third-order valence-electron chi connectivity index (χ3n) is 4.30. The number of fused-ring (bicyclic) bond motifs is 1. The number of aromatic nitrogens is 2. The summed E-state index contributed by atoms with van der Waals surface area (Å²) in [6.45, 7) is 1.21. The zero-order chi connectivity index (χ0) is 15.6. The number of rotatable bonds is 3. The maximum Gasteiger partial charge on any atom is 0.273 e. The van der Waals surface area contributed by atoms with Crippen LogP contribution >= 0.6 is 11.3 Å². The summed E-state index contributed by atoms with van der Waals surface area (Å²) >= 11 is 1.43. The van der Waals surface area contributed by atoms with E-state index in [1.54, 1.807) is 17.1 Å². The largest absolute Gasteiger partial charge is 0.470 e. The Kier molecular flexibility index (Phi) is 3.97. The molecule has 6 nitrogen and oxygen atoms in total. The van der Waals surface area contributed by atoms with E-state index in [-0.39, 0.29) is 24.2 Å². The van der Waals surface area contributed by atoms with Gasteiger partial charge in [0.15, 0.2) is 0 Å². The average molecular weight is 331 g/mol. The fraction of sp³-hybridized carbons (Fsp3) is 0.438. The van der Waals surface area contributed by atoms with Crippen LogP contribution in [0.3, 0.4) is 0 Å². The van der Waals surface area contributed by atoms with Crippen LogP contribution in [-0.4, -0.2) is 52.2 Å². The van der Waals surface area contributed by atoms with Gasteiger partial charge in [-0.3, -0.25) is 4.79 Å². The molecule has 2 fully saturated rings. The van der Waals surface area contributed by atoms with Crippen molar-refractivity contribution in [3.8, 4) is 5.88 Å². The first-order valence-electron chi connectivity index (χ1n) is 7.71. The van der Waals surface area contributed by atoms with Crippen molar-refractivity contribution in [3.63, 3.8) is 0 Å². The van der Waals surface area contributed by atoms with Crippen LogP contribution in [0.1, 0.15) is 23.3 Å². The van der Waals surface area contributed by atoms with Gasteiger partial charge in [0, 0.05) is 24.3 Å². The molecule has 2 saturated heterocycles. The van der Waals surface area contributed by atoms with Gasteiger partial charge in [0.1, 0.15) is 17.9 Å². The number of hydrogen-bond donors (Lipinski definition) is 0. The smallest absolute Gasteiger partial charge is 0.273 e. The minimum atomic E-state index is -0.196. The molecule has 0 saturated carbocycles. The first-order valence-corrected chi connectivity index (χ1v) is 8.65. The first kappa shape index (κ1) is 14.6. The Morgan fingerprint density at radius 3 is 3.13 bits per heavy atom. The van der Waals surface area contributed by atoms with Crippen molar-refractivity contribution in [2.75, 3.05) is 13.2 Å². The molecule has 0 aliphatic carbocycles.